The zero-order chi connectivity index (χ0) is 54.6. The van der Waals surface area contributed by atoms with Gasteiger partial charge < -0.3 is 19.6 Å². The molecule has 4 heteroatoms. The Kier molecular flexibility index (Phi) is 15.9. The van der Waals surface area contributed by atoms with Gasteiger partial charge in [-0.05, 0) is 185 Å². The molecule has 0 aliphatic rings. The van der Waals surface area contributed by atoms with Gasteiger partial charge in [-0.2, -0.15) is 0 Å². The Hall–Kier alpha value is -10.2. The fourth-order valence-electron chi connectivity index (χ4n) is 10.2. The number of benzene rings is 12. The standard InChI is InChI=1S/2C38H32N2/c1-29-10-9-15-38(28-29)39(2)34-22-16-32(17-23-34)33-20-26-37(27-21-33)40(35-13-7-4-8-14-35)36-24-18-31(19-25-36)30-11-5-3-6-12-30;1-29-13-21-34(22-14-29)39(2)35-23-15-32(16-24-35)33-19-27-38(28-20-33)40(36-11-7-4-8-12-36)37-25-17-31(18-26-37)30-9-5-3-6-10-30/h2*3-28H,1-2H3. The lowest BCUT2D eigenvalue weighted by molar-refractivity contribution is 1.20. The molecule has 80 heavy (non-hydrogen) atoms. The third-order valence-electron chi connectivity index (χ3n) is 14.7. The van der Waals surface area contributed by atoms with Crippen molar-refractivity contribution in [2.24, 2.45) is 0 Å². The Labute approximate surface area is 473 Å². The zero-order valence-corrected chi connectivity index (χ0v) is 45.8. The topological polar surface area (TPSA) is 13.0 Å². The summed E-state index contributed by atoms with van der Waals surface area (Å²) in [6, 6.07) is 112. The van der Waals surface area contributed by atoms with E-state index in [4.69, 9.17) is 0 Å². The molecule has 0 aliphatic carbocycles. The Morgan fingerprint density at radius 3 is 0.700 bits per heavy atom. The molecule has 12 aromatic rings. The highest BCUT2D eigenvalue weighted by Crippen LogP contribution is 2.39. The maximum atomic E-state index is 2.30. The van der Waals surface area contributed by atoms with Crippen molar-refractivity contribution in [2.75, 3.05) is 33.7 Å². The number of para-hydroxylation sites is 2. The quantitative estimate of drug-likeness (QED) is 0.108. The minimum atomic E-state index is 1.12. The summed E-state index contributed by atoms with van der Waals surface area (Å²) in [6.45, 7) is 4.24. The molecule has 0 aromatic heterocycles. The molecule has 12 rings (SSSR count). The van der Waals surface area contributed by atoms with Crippen LogP contribution in [0.4, 0.5) is 56.9 Å². The van der Waals surface area contributed by atoms with Crippen LogP contribution < -0.4 is 19.6 Å². The first-order valence-corrected chi connectivity index (χ1v) is 27.3. The highest BCUT2D eigenvalue weighted by Gasteiger charge is 2.16. The van der Waals surface area contributed by atoms with Crippen molar-refractivity contribution >= 4 is 56.9 Å². The van der Waals surface area contributed by atoms with E-state index < -0.39 is 0 Å². The van der Waals surface area contributed by atoms with Gasteiger partial charge in [0.05, 0.1) is 0 Å². The smallest absolute Gasteiger partial charge is 0.0462 e. The Morgan fingerprint density at radius 2 is 0.400 bits per heavy atom. The Balaban J connectivity index is 0.000000169. The van der Waals surface area contributed by atoms with Crippen LogP contribution in [0.15, 0.2) is 315 Å². The lowest BCUT2D eigenvalue weighted by Crippen LogP contribution is -2.09. The first kappa shape index (κ1) is 51.9. The molecule has 0 radical (unpaired) electrons. The molecule has 12 aromatic carbocycles. The predicted octanol–water partition coefficient (Wildman–Crippen LogP) is 21.1. The second kappa shape index (κ2) is 24.4. The van der Waals surface area contributed by atoms with Crippen LogP contribution in [0.1, 0.15) is 11.1 Å². The molecular weight excluding hydrogens is 969 g/mol. The van der Waals surface area contributed by atoms with Crippen LogP contribution in [0.25, 0.3) is 44.5 Å². The molecule has 0 saturated heterocycles. The van der Waals surface area contributed by atoms with Crippen LogP contribution in [0, 0.1) is 13.8 Å². The van der Waals surface area contributed by atoms with E-state index in [1.54, 1.807) is 0 Å². The van der Waals surface area contributed by atoms with E-state index in [-0.39, 0.29) is 0 Å². The summed E-state index contributed by atoms with van der Waals surface area (Å²) in [6.07, 6.45) is 0. The van der Waals surface area contributed by atoms with Crippen LogP contribution in [-0.2, 0) is 0 Å². The highest BCUT2D eigenvalue weighted by atomic mass is 15.1. The second-order valence-corrected chi connectivity index (χ2v) is 20.1. The monoisotopic (exact) mass is 1030 g/mol. The van der Waals surface area contributed by atoms with Crippen LogP contribution in [-0.4, -0.2) is 14.1 Å². The molecule has 0 aliphatic heterocycles. The molecule has 0 atom stereocenters. The lowest BCUT2D eigenvalue weighted by Gasteiger charge is -2.26. The maximum Gasteiger partial charge on any atom is 0.0462 e. The number of rotatable bonds is 14. The first-order chi connectivity index (χ1) is 39.3. The molecule has 0 amide bonds. The van der Waals surface area contributed by atoms with Crippen molar-refractivity contribution in [3.05, 3.63) is 327 Å². The van der Waals surface area contributed by atoms with Crippen LogP contribution in [0.3, 0.4) is 0 Å². The Morgan fingerprint density at radius 1 is 0.175 bits per heavy atom. The summed E-state index contributed by atoms with van der Waals surface area (Å²) in [7, 11) is 4.22. The first-order valence-electron chi connectivity index (χ1n) is 27.3. The summed E-state index contributed by atoms with van der Waals surface area (Å²) >= 11 is 0. The Bertz CT molecular complexity index is 3850. The third kappa shape index (κ3) is 12.2. The molecular formula is C76H64N4. The van der Waals surface area contributed by atoms with Gasteiger partial charge in [0.2, 0.25) is 0 Å². The number of hydrogen-bond donors (Lipinski definition) is 0. The lowest BCUT2D eigenvalue weighted by atomic mass is 10.0. The van der Waals surface area contributed by atoms with Gasteiger partial charge in [-0.3, -0.25) is 0 Å². The molecule has 388 valence electrons. The molecule has 0 bridgehead atoms. The number of aryl methyl sites for hydroxylation is 2. The van der Waals surface area contributed by atoms with Crippen LogP contribution in [0.2, 0.25) is 0 Å². The average Bonchev–Trinajstić information content (AvgIpc) is 3.53. The van der Waals surface area contributed by atoms with E-state index in [1.807, 2.05) is 0 Å². The normalized spacial score (nSPS) is 10.8. The van der Waals surface area contributed by atoms with Crippen molar-refractivity contribution < 1.29 is 0 Å². The predicted molar refractivity (Wildman–Crippen MR) is 342 cm³/mol. The summed E-state index contributed by atoms with van der Waals surface area (Å²) in [5.74, 6) is 0. The molecule has 0 N–H and O–H groups in total. The summed E-state index contributed by atoms with van der Waals surface area (Å²) in [5.41, 5.74) is 23.7. The molecule has 0 unspecified atom stereocenters. The van der Waals surface area contributed by atoms with Gasteiger partial charge in [0.1, 0.15) is 0 Å². The molecule has 0 heterocycles. The van der Waals surface area contributed by atoms with Gasteiger partial charge in [0.15, 0.2) is 0 Å². The summed E-state index contributed by atoms with van der Waals surface area (Å²) in [4.78, 5) is 9.05. The SMILES string of the molecule is Cc1ccc(N(C)c2ccc(-c3ccc(N(c4ccccc4)c4ccc(-c5ccccc5)cc4)cc3)cc2)cc1.Cc1cccc(N(C)c2ccc(-c3ccc(N(c4ccccc4)c4ccc(-c5ccccc5)cc4)cc3)cc2)c1. The fraction of sp³-hybridized carbons (Fsp3) is 0.0526. The average molecular weight is 1030 g/mol. The molecule has 4 nitrogen and oxygen atoms in total. The van der Waals surface area contributed by atoms with Crippen molar-refractivity contribution in [1.29, 1.82) is 0 Å². The largest absolute Gasteiger partial charge is 0.345 e. The molecule has 0 saturated carbocycles. The second-order valence-electron chi connectivity index (χ2n) is 20.1. The molecule has 0 fully saturated rings. The minimum absolute atomic E-state index is 1.12. The number of hydrogen-bond acceptors (Lipinski definition) is 4. The van der Waals surface area contributed by atoms with E-state index in [0.29, 0.717) is 0 Å². The van der Waals surface area contributed by atoms with Crippen molar-refractivity contribution in [2.45, 2.75) is 13.8 Å². The van der Waals surface area contributed by atoms with E-state index >= 15 is 0 Å². The van der Waals surface area contributed by atoms with Crippen molar-refractivity contribution in [3.8, 4) is 44.5 Å². The minimum Gasteiger partial charge on any atom is -0.345 e. The van der Waals surface area contributed by atoms with E-state index in [1.165, 1.54) is 78.4 Å². The van der Waals surface area contributed by atoms with Gasteiger partial charge in [0, 0.05) is 71.0 Å². The highest BCUT2D eigenvalue weighted by molar-refractivity contribution is 5.82. The number of anilines is 10. The van der Waals surface area contributed by atoms with Crippen molar-refractivity contribution in [1.82, 2.24) is 0 Å². The number of nitrogens with zero attached hydrogens (tertiary/aromatic N) is 4. The van der Waals surface area contributed by atoms with Gasteiger partial charge in [-0.15, -0.1) is 0 Å². The summed E-state index contributed by atoms with van der Waals surface area (Å²) in [5, 5.41) is 0. The van der Waals surface area contributed by atoms with Crippen molar-refractivity contribution in [3.63, 3.8) is 0 Å². The van der Waals surface area contributed by atoms with E-state index in [2.05, 4.69) is 363 Å². The van der Waals surface area contributed by atoms with Crippen LogP contribution in [0.5, 0.6) is 0 Å². The van der Waals surface area contributed by atoms with Gasteiger partial charge >= 0.3 is 0 Å². The third-order valence-corrected chi connectivity index (χ3v) is 14.7. The molecule has 0 spiro atoms. The fourth-order valence-corrected chi connectivity index (χ4v) is 10.2. The van der Waals surface area contributed by atoms with E-state index in [0.717, 1.165) is 34.1 Å². The van der Waals surface area contributed by atoms with E-state index in [9.17, 15) is 0 Å². The van der Waals surface area contributed by atoms with Gasteiger partial charge in [-0.25, -0.2) is 0 Å². The summed E-state index contributed by atoms with van der Waals surface area (Å²) < 4.78 is 0. The van der Waals surface area contributed by atoms with Gasteiger partial charge in [-0.1, -0.05) is 200 Å². The van der Waals surface area contributed by atoms with Crippen LogP contribution >= 0.6 is 0 Å². The van der Waals surface area contributed by atoms with Gasteiger partial charge in [0.25, 0.3) is 0 Å². The maximum absolute atomic E-state index is 2.30. The zero-order valence-electron chi connectivity index (χ0n) is 45.8.